The molecule has 16 nitrogen and oxygen atoms in total. The van der Waals surface area contributed by atoms with Gasteiger partial charge in [0.05, 0.1) is 17.2 Å². The van der Waals surface area contributed by atoms with E-state index < -0.39 is 23.5 Å². The van der Waals surface area contributed by atoms with E-state index in [4.69, 9.17) is 17.3 Å². The van der Waals surface area contributed by atoms with Crippen LogP contribution in [0.15, 0.2) is 119 Å². The molecule has 2 unspecified atom stereocenters. The van der Waals surface area contributed by atoms with Crippen LogP contribution in [0.2, 0.25) is 0 Å². The molecular weight excluding hydrogens is 861 g/mol. The van der Waals surface area contributed by atoms with Gasteiger partial charge in [-0.1, -0.05) is 107 Å². The molecule has 0 heterocycles. The highest BCUT2D eigenvalue weighted by molar-refractivity contribution is 6.53. The number of primary amides is 2. The highest BCUT2D eigenvalue weighted by atomic mass is 16.3. The first-order valence-electron chi connectivity index (χ1n) is 21.9. The number of hydrogen-bond donors (Lipinski definition) is 8. The molecule has 6 aromatic carbocycles. The highest BCUT2D eigenvalue weighted by Crippen LogP contribution is 2.28. The number of ketones is 2. The number of phenolic OH excluding ortho intramolecular Hbond substituents is 2. The Morgan fingerprint density at radius 3 is 1.60 bits per heavy atom. The van der Waals surface area contributed by atoms with Crippen molar-refractivity contribution in [2.75, 3.05) is 0 Å². The van der Waals surface area contributed by atoms with Crippen LogP contribution in [-0.4, -0.2) is 51.1 Å². The maximum atomic E-state index is 14.3. The van der Waals surface area contributed by atoms with Gasteiger partial charge in [0.1, 0.15) is 35.1 Å². The minimum Gasteiger partial charge on any atom is -0.507 e. The van der Waals surface area contributed by atoms with E-state index in [0.29, 0.717) is 40.8 Å². The van der Waals surface area contributed by atoms with Crippen molar-refractivity contribution >= 4 is 56.3 Å². The first-order valence-corrected chi connectivity index (χ1v) is 21.9. The summed E-state index contributed by atoms with van der Waals surface area (Å²) in [6, 6.07) is 33.1. The molecule has 16 heteroatoms. The molecule has 0 aliphatic heterocycles. The molecule has 2 amide bonds. The monoisotopic (exact) mass is 914 g/mol. The van der Waals surface area contributed by atoms with E-state index in [1.165, 1.54) is 36.4 Å². The number of phenols is 2. The predicted octanol–water partition coefficient (Wildman–Crippen LogP) is 6.47. The lowest BCUT2D eigenvalue weighted by molar-refractivity contribution is -0.121. The molecule has 348 valence electrons. The number of carbonyl (C=O) groups is 4. The summed E-state index contributed by atoms with van der Waals surface area (Å²) in [6.07, 6.45) is 2.20. The number of hydrazine groups is 1. The molecule has 0 aromatic heterocycles. The Morgan fingerprint density at radius 1 is 0.676 bits per heavy atom. The van der Waals surface area contributed by atoms with Gasteiger partial charge in [-0.15, -0.1) is 0 Å². The summed E-state index contributed by atoms with van der Waals surface area (Å²) in [4.78, 5) is 50.3. The normalized spacial score (nSPS) is 12.3. The predicted molar refractivity (Wildman–Crippen MR) is 262 cm³/mol. The number of aromatic hydroxyl groups is 2. The fourth-order valence-corrected chi connectivity index (χ4v) is 7.43. The summed E-state index contributed by atoms with van der Waals surface area (Å²) in [5.74, 6) is 4.17. The zero-order valence-corrected chi connectivity index (χ0v) is 38.2. The van der Waals surface area contributed by atoms with Gasteiger partial charge >= 0.3 is 0 Å². The molecule has 6 aromatic rings. The largest absolute Gasteiger partial charge is 0.507 e. The number of nitriles is 2. The third-order valence-electron chi connectivity index (χ3n) is 11.4. The molecular formula is C52H54N10O6. The van der Waals surface area contributed by atoms with Crippen molar-refractivity contribution in [3.63, 3.8) is 0 Å². The van der Waals surface area contributed by atoms with Gasteiger partial charge in [0.2, 0.25) is 23.4 Å². The minimum atomic E-state index is -0.540. The summed E-state index contributed by atoms with van der Waals surface area (Å²) < 4.78 is 0. The van der Waals surface area contributed by atoms with Crippen LogP contribution in [0.4, 0.5) is 0 Å². The lowest BCUT2D eigenvalue weighted by Crippen LogP contribution is -2.45. The number of fused-ring (bicyclic) bond motifs is 2. The second kappa shape index (κ2) is 23.7. The van der Waals surface area contributed by atoms with E-state index in [1.807, 2.05) is 80.6 Å². The Hall–Kier alpha value is -8.44. The van der Waals surface area contributed by atoms with Crippen molar-refractivity contribution in [2.45, 2.75) is 66.1 Å². The van der Waals surface area contributed by atoms with Crippen LogP contribution in [0.1, 0.15) is 101 Å². The standard InChI is InChI=1S/C46H41N9O5.C6H13NO/c1-3-26(2)41(46(49)60)51-24-29-12-17-38(36-11-7-4-8-33(29)36)43(45(59)28-15-19-40(57)32(21-28)23-48)54-55-52-25-30-13-16-37(35-10-6-5-9-34(30)35)42(53-50)44(58)27-14-18-39(56)31(20-27)22-47;1-5(2)3-4-6(7)8/h4-21,26,41,51-52,55-57H,3,24-25,50H2,1-2H3,(H2,49,60);5H,3-4H2,1-2H3,(H2,7,8). The van der Waals surface area contributed by atoms with Gasteiger partial charge in [0.25, 0.3) is 0 Å². The summed E-state index contributed by atoms with van der Waals surface area (Å²) in [5.41, 5.74) is 19.2. The SMILES string of the molecule is CC(C)CCC(N)=O.CCC(C)C(NCc1ccc(C(=NNNCc2ccc(C(=NN)C(=O)c3ccc(O)c(C#N)c3)c3ccccc23)C(=O)c2ccc(O)c(C#N)c2)c2ccccc12)C(N)=O. The van der Waals surface area contributed by atoms with Crippen LogP contribution in [-0.2, 0) is 22.7 Å². The highest BCUT2D eigenvalue weighted by Gasteiger charge is 2.25. The number of hydrogen-bond acceptors (Lipinski definition) is 14. The zero-order chi connectivity index (χ0) is 49.5. The van der Waals surface area contributed by atoms with E-state index in [1.54, 1.807) is 18.2 Å². The number of carbonyl (C=O) groups excluding carboxylic acids is 4. The Bertz CT molecular complexity index is 3000. The van der Waals surface area contributed by atoms with Crippen molar-refractivity contribution < 1.29 is 29.4 Å². The summed E-state index contributed by atoms with van der Waals surface area (Å²) in [5, 5.41) is 53.7. The smallest absolute Gasteiger partial charge is 0.234 e. The number of nitrogens with one attached hydrogen (secondary N) is 3. The number of rotatable bonds is 19. The number of nitrogens with zero attached hydrogens (tertiary/aromatic N) is 4. The van der Waals surface area contributed by atoms with Crippen molar-refractivity contribution in [1.82, 2.24) is 16.3 Å². The van der Waals surface area contributed by atoms with Crippen LogP contribution in [0.5, 0.6) is 11.5 Å². The van der Waals surface area contributed by atoms with Crippen LogP contribution in [0.25, 0.3) is 21.5 Å². The molecule has 6 rings (SSSR count). The lowest BCUT2D eigenvalue weighted by Gasteiger charge is -2.22. The maximum absolute atomic E-state index is 14.3. The molecule has 0 saturated heterocycles. The fourth-order valence-electron chi connectivity index (χ4n) is 7.43. The van der Waals surface area contributed by atoms with Crippen molar-refractivity contribution in [3.05, 3.63) is 154 Å². The van der Waals surface area contributed by atoms with Crippen LogP contribution in [0, 0.1) is 34.5 Å². The molecule has 0 radical (unpaired) electrons. The average molecular weight is 915 g/mol. The summed E-state index contributed by atoms with van der Waals surface area (Å²) >= 11 is 0. The maximum Gasteiger partial charge on any atom is 0.234 e. The quantitative estimate of drug-likeness (QED) is 0.0143. The van der Waals surface area contributed by atoms with E-state index in [-0.39, 0.29) is 63.5 Å². The second-order valence-corrected chi connectivity index (χ2v) is 16.4. The van der Waals surface area contributed by atoms with Gasteiger partial charge in [-0.3, -0.25) is 19.2 Å². The van der Waals surface area contributed by atoms with Crippen LogP contribution >= 0.6 is 0 Å². The molecule has 0 bridgehead atoms. The Kier molecular flexibility index (Phi) is 17.6. The van der Waals surface area contributed by atoms with Gasteiger partial charge in [-0.2, -0.15) is 20.7 Å². The molecule has 0 aliphatic rings. The fraction of sp³-hybridized carbons (Fsp3) is 0.231. The molecule has 11 N–H and O–H groups in total. The molecule has 0 fully saturated rings. The Morgan fingerprint density at radius 2 is 1.16 bits per heavy atom. The third-order valence-corrected chi connectivity index (χ3v) is 11.4. The van der Waals surface area contributed by atoms with Gasteiger partial charge in [0.15, 0.2) is 0 Å². The summed E-state index contributed by atoms with van der Waals surface area (Å²) in [7, 11) is 0. The molecule has 0 saturated carbocycles. The third kappa shape index (κ3) is 12.3. The molecule has 2 atom stereocenters. The van der Waals surface area contributed by atoms with Crippen molar-refractivity contribution in [1.29, 1.82) is 10.5 Å². The molecule has 0 spiro atoms. The van der Waals surface area contributed by atoms with Gasteiger partial charge in [0, 0.05) is 41.8 Å². The average Bonchev–Trinajstić information content (AvgIpc) is 3.34. The van der Waals surface area contributed by atoms with E-state index in [0.717, 1.165) is 34.7 Å². The number of Topliss-reactive ketones (excluding diaryl/α,β-unsaturated/α-hetero) is 2. The molecule has 68 heavy (non-hydrogen) atoms. The van der Waals surface area contributed by atoms with Crippen LogP contribution in [0.3, 0.4) is 0 Å². The van der Waals surface area contributed by atoms with Crippen molar-refractivity contribution in [2.24, 2.45) is 39.3 Å². The van der Waals surface area contributed by atoms with Gasteiger partial charge in [-0.25, -0.2) is 11.0 Å². The number of amides is 2. The first kappa shape index (κ1) is 50.6. The van der Waals surface area contributed by atoms with E-state index >= 15 is 0 Å². The zero-order valence-electron chi connectivity index (χ0n) is 38.2. The topological polar surface area (TPSA) is 295 Å². The van der Waals surface area contributed by atoms with Crippen molar-refractivity contribution in [3.8, 4) is 23.6 Å². The molecule has 0 aliphatic carbocycles. The minimum absolute atomic E-state index is 0.0127. The number of benzene rings is 6. The van der Waals surface area contributed by atoms with Gasteiger partial charge < -0.3 is 32.8 Å². The number of hydrazone groups is 2. The number of nitrogens with two attached hydrogens (primary N) is 3. The van der Waals surface area contributed by atoms with E-state index in [9.17, 15) is 39.9 Å². The first-order chi connectivity index (χ1) is 32.6. The Labute approximate surface area is 394 Å². The second-order valence-electron chi connectivity index (χ2n) is 16.4. The van der Waals surface area contributed by atoms with Crippen LogP contribution < -0.4 is 33.6 Å². The van der Waals surface area contributed by atoms with Gasteiger partial charge in [-0.05, 0) is 87.3 Å². The Balaban J connectivity index is 0.000000989. The van der Waals surface area contributed by atoms with E-state index in [2.05, 4.69) is 40.3 Å². The lowest BCUT2D eigenvalue weighted by atomic mass is 9.92. The summed E-state index contributed by atoms with van der Waals surface area (Å²) in [6.45, 7) is 8.62.